The van der Waals surface area contributed by atoms with E-state index in [0.29, 0.717) is 12.1 Å². The molecular weight excluding hydrogens is 262 g/mol. The lowest BCUT2D eigenvalue weighted by Gasteiger charge is -2.22. The fourth-order valence-corrected chi connectivity index (χ4v) is 3.40. The van der Waals surface area contributed by atoms with E-state index < -0.39 is 0 Å². The zero-order chi connectivity index (χ0) is 14.4. The Morgan fingerprint density at radius 1 is 1.10 bits per heavy atom. The van der Waals surface area contributed by atoms with E-state index in [1.807, 2.05) is 11.3 Å². The highest BCUT2D eigenvalue weighted by atomic mass is 32.1. The Balaban J connectivity index is 1.96. The lowest BCUT2D eigenvalue weighted by Crippen LogP contribution is -2.31. The summed E-state index contributed by atoms with van der Waals surface area (Å²) in [6.45, 7) is 6.74. The minimum absolute atomic E-state index is 0.455. The zero-order valence-corrected chi connectivity index (χ0v) is 13.5. The number of thiophene rings is 1. The Kier molecular flexibility index (Phi) is 5.81. The summed E-state index contributed by atoms with van der Waals surface area (Å²) in [6.07, 6.45) is 3.35. The van der Waals surface area contributed by atoms with E-state index in [-0.39, 0.29) is 0 Å². The van der Waals surface area contributed by atoms with Gasteiger partial charge in [-0.1, -0.05) is 44.2 Å². The maximum atomic E-state index is 3.77. The molecule has 1 aromatic heterocycles. The van der Waals surface area contributed by atoms with Crippen LogP contribution in [-0.2, 0) is 12.8 Å². The second-order valence-electron chi connectivity index (χ2n) is 5.41. The average molecular weight is 287 g/mol. The molecule has 1 N–H and O–H groups in total. The van der Waals surface area contributed by atoms with Crippen LogP contribution in [0.2, 0.25) is 0 Å². The monoisotopic (exact) mass is 287 g/mol. The van der Waals surface area contributed by atoms with E-state index in [4.69, 9.17) is 0 Å². The molecule has 0 bridgehead atoms. The van der Waals surface area contributed by atoms with Crippen molar-refractivity contribution in [2.45, 2.75) is 52.1 Å². The zero-order valence-electron chi connectivity index (χ0n) is 12.7. The van der Waals surface area contributed by atoms with E-state index >= 15 is 0 Å². The molecule has 2 rings (SSSR count). The first-order valence-electron chi connectivity index (χ1n) is 7.60. The topological polar surface area (TPSA) is 12.0 Å². The summed E-state index contributed by atoms with van der Waals surface area (Å²) in [7, 11) is 0. The molecule has 0 fully saturated rings. The minimum Gasteiger partial charge on any atom is -0.307 e. The SMILES string of the molecule is CCc1ccc(C(CC)NC(C)Cc2cccs2)cc1. The highest BCUT2D eigenvalue weighted by molar-refractivity contribution is 7.09. The van der Waals surface area contributed by atoms with Crippen LogP contribution in [0.4, 0.5) is 0 Å². The molecule has 2 atom stereocenters. The van der Waals surface area contributed by atoms with Crippen molar-refractivity contribution in [1.82, 2.24) is 5.32 Å². The molecule has 1 heterocycles. The van der Waals surface area contributed by atoms with Crippen molar-refractivity contribution in [3.05, 3.63) is 57.8 Å². The van der Waals surface area contributed by atoms with E-state index in [0.717, 1.165) is 19.3 Å². The van der Waals surface area contributed by atoms with Crippen molar-refractivity contribution in [3.63, 3.8) is 0 Å². The first-order valence-corrected chi connectivity index (χ1v) is 8.48. The van der Waals surface area contributed by atoms with Gasteiger partial charge in [0.05, 0.1) is 0 Å². The van der Waals surface area contributed by atoms with Crippen molar-refractivity contribution >= 4 is 11.3 Å². The Morgan fingerprint density at radius 2 is 1.85 bits per heavy atom. The first kappa shape index (κ1) is 15.3. The standard InChI is InChI=1S/C18H25NS/c1-4-15-8-10-16(11-9-15)18(5-2)19-14(3)13-17-7-6-12-20-17/h6-12,14,18-19H,4-5,13H2,1-3H3. The van der Waals surface area contributed by atoms with Gasteiger partial charge in [0.15, 0.2) is 0 Å². The Labute approximate surface area is 127 Å². The Hall–Kier alpha value is -1.12. The van der Waals surface area contributed by atoms with Crippen molar-refractivity contribution in [1.29, 1.82) is 0 Å². The smallest absolute Gasteiger partial charge is 0.0320 e. The van der Waals surface area contributed by atoms with Gasteiger partial charge in [-0.3, -0.25) is 0 Å². The van der Waals surface area contributed by atoms with Crippen LogP contribution in [0.25, 0.3) is 0 Å². The maximum Gasteiger partial charge on any atom is 0.0320 e. The number of aryl methyl sites for hydroxylation is 1. The molecule has 2 heteroatoms. The second kappa shape index (κ2) is 7.61. The van der Waals surface area contributed by atoms with Gasteiger partial charge >= 0.3 is 0 Å². The molecule has 20 heavy (non-hydrogen) atoms. The van der Waals surface area contributed by atoms with Crippen LogP contribution in [0.1, 0.15) is 49.2 Å². The normalized spacial score (nSPS) is 14.2. The van der Waals surface area contributed by atoms with Gasteiger partial charge in [-0.2, -0.15) is 0 Å². The van der Waals surface area contributed by atoms with Gasteiger partial charge in [0.2, 0.25) is 0 Å². The molecule has 2 unspecified atom stereocenters. The molecule has 0 aliphatic heterocycles. The van der Waals surface area contributed by atoms with Gasteiger partial charge in [0, 0.05) is 17.0 Å². The van der Waals surface area contributed by atoms with Gasteiger partial charge in [0.25, 0.3) is 0 Å². The average Bonchev–Trinajstić information content (AvgIpc) is 2.97. The van der Waals surface area contributed by atoms with E-state index in [1.165, 1.54) is 16.0 Å². The van der Waals surface area contributed by atoms with Gasteiger partial charge in [-0.05, 0) is 48.8 Å². The first-order chi connectivity index (χ1) is 9.72. The molecule has 1 aromatic carbocycles. The molecule has 0 radical (unpaired) electrons. The Bertz CT molecular complexity index is 487. The maximum absolute atomic E-state index is 3.77. The summed E-state index contributed by atoms with van der Waals surface area (Å²) in [5.74, 6) is 0. The number of hydrogen-bond donors (Lipinski definition) is 1. The van der Waals surface area contributed by atoms with Crippen LogP contribution in [-0.4, -0.2) is 6.04 Å². The summed E-state index contributed by atoms with van der Waals surface area (Å²) < 4.78 is 0. The summed E-state index contributed by atoms with van der Waals surface area (Å²) >= 11 is 1.85. The predicted molar refractivity (Wildman–Crippen MR) is 89.5 cm³/mol. The van der Waals surface area contributed by atoms with Crippen LogP contribution in [0.3, 0.4) is 0 Å². The number of rotatable bonds is 7. The summed E-state index contributed by atoms with van der Waals surface area (Å²) in [6, 6.07) is 14.4. The third-order valence-corrected chi connectivity index (χ3v) is 4.67. The predicted octanol–water partition coefficient (Wildman–Crippen LogP) is 4.98. The van der Waals surface area contributed by atoms with Gasteiger partial charge in [-0.15, -0.1) is 11.3 Å². The minimum atomic E-state index is 0.455. The third-order valence-electron chi connectivity index (χ3n) is 3.77. The van der Waals surface area contributed by atoms with Gasteiger partial charge < -0.3 is 5.32 Å². The highest BCUT2D eigenvalue weighted by Gasteiger charge is 2.13. The summed E-state index contributed by atoms with van der Waals surface area (Å²) in [5, 5.41) is 5.92. The van der Waals surface area contributed by atoms with Crippen LogP contribution < -0.4 is 5.32 Å². The van der Waals surface area contributed by atoms with E-state index in [1.54, 1.807) is 0 Å². The van der Waals surface area contributed by atoms with Crippen molar-refractivity contribution in [2.24, 2.45) is 0 Å². The third kappa shape index (κ3) is 4.19. The molecule has 108 valence electrons. The second-order valence-corrected chi connectivity index (χ2v) is 6.44. The Morgan fingerprint density at radius 3 is 2.40 bits per heavy atom. The van der Waals surface area contributed by atoms with Crippen LogP contribution in [0.5, 0.6) is 0 Å². The van der Waals surface area contributed by atoms with Crippen LogP contribution >= 0.6 is 11.3 Å². The molecule has 2 aromatic rings. The van der Waals surface area contributed by atoms with Crippen molar-refractivity contribution in [2.75, 3.05) is 0 Å². The van der Waals surface area contributed by atoms with Crippen LogP contribution in [0, 0.1) is 0 Å². The van der Waals surface area contributed by atoms with Crippen molar-refractivity contribution < 1.29 is 0 Å². The fraction of sp³-hybridized carbons (Fsp3) is 0.444. The molecule has 0 amide bonds. The molecule has 1 nitrogen and oxygen atoms in total. The molecule has 0 saturated carbocycles. The van der Waals surface area contributed by atoms with E-state index in [2.05, 4.69) is 67.9 Å². The number of benzene rings is 1. The molecular formula is C18H25NS. The fourth-order valence-electron chi connectivity index (χ4n) is 2.57. The summed E-state index contributed by atoms with van der Waals surface area (Å²) in [4.78, 5) is 1.46. The van der Waals surface area contributed by atoms with Crippen LogP contribution in [0.15, 0.2) is 41.8 Å². The lowest BCUT2D eigenvalue weighted by molar-refractivity contribution is 0.445. The summed E-state index contributed by atoms with van der Waals surface area (Å²) in [5.41, 5.74) is 2.82. The largest absolute Gasteiger partial charge is 0.307 e. The molecule has 0 aliphatic carbocycles. The molecule has 0 spiro atoms. The highest BCUT2D eigenvalue weighted by Crippen LogP contribution is 2.20. The lowest BCUT2D eigenvalue weighted by atomic mass is 10.0. The number of hydrogen-bond acceptors (Lipinski definition) is 2. The molecule has 0 saturated heterocycles. The molecule has 0 aliphatic rings. The quantitative estimate of drug-likeness (QED) is 0.757. The van der Waals surface area contributed by atoms with Gasteiger partial charge in [0.1, 0.15) is 0 Å². The van der Waals surface area contributed by atoms with E-state index in [9.17, 15) is 0 Å². The van der Waals surface area contributed by atoms with Crippen molar-refractivity contribution in [3.8, 4) is 0 Å². The van der Waals surface area contributed by atoms with Gasteiger partial charge in [-0.25, -0.2) is 0 Å². The number of nitrogens with one attached hydrogen (secondary N) is 1.